The molecule has 0 unspecified atom stereocenters. The SMILES string of the molecule is CSCC[C@H](NC(=O)C1CCC(C)CC1)C(=O)NC1CCN(Cc2ccccc2)CC1. The lowest BCUT2D eigenvalue weighted by atomic mass is 9.82. The fourth-order valence-electron chi connectivity index (χ4n) is 4.70. The van der Waals surface area contributed by atoms with Crippen molar-refractivity contribution in [1.29, 1.82) is 0 Å². The summed E-state index contributed by atoms with van der Waals surface area (Å²) in [6, 6.07) is 10.3. The largest absolute Gasteiger partial charge is 0.351 e. The van der Waals surface area contributed by atoms with Crippen molar-refractivity contribution in [3.63, 3.8) is 0 Å². The Morgan fingerprint density at radius 3 is 2.39 bits per heavy atom. The molecule has 2 amide bonds. The lowest BCUT2D eigenvalue weighted by Crippen LogP contribution is -2.53. The molecule has 2 N–H and O–H groups in total. The third kappa shape index (κ3) is 7.83. The van der Waals surface area contributed by atoms with Crippen LogP contribution in [0.4, 0.5) is 0 Å². The summed E-state index contributed by atoms with van der Waals surface area (Å²) in [5, 5.41) is 6.33. The number of carbonyl (C=O) groups is 2. The molecule has 0 spiro atoms. The zero-order chi connectivity index (χ0) is 22.1. The highest BCUT2D eigenvalue weighted by Crippen LogP contribution is 2.28. The Morgan fingerprint density at radius 2 is 1.74 bits per heavy atom. The zero-order valence-corrected chi connectivity index (χ0v) is 20.0. The Hall–Kier alpha value is -1.53. The predicted molar refractivity (Wildman–Crippen MR) is 129 cm³/mol. The first kappa shape index (κ1) is 24.1. The molecule has 1 aromatic carbocycles. The summed E-state index contributed by atoms with van der Waals surface area (Å²) >= 11 is 1.72. The summed E-state index contributed by atoms with van der Waals surface area (Å²) in [5.41, 5.74) is 1.34. The van der Waals surface area contributed by atoms with Crippen molar-refractivity contribution in [3.8, 4) is 0 Å². The summed E-state index contributed by atoms with van der Waals surface area (Å²) in [5.74, 6) is 1.73. The highest BCUT2D eigenvalue weighted by Gasteiger charge is 2.29. The average molecular weight is 446 g/mol. The maximum atomic E-state index is 13.0. The molecule has 6 heteroatoms. The van der Waals surface area contributed by atoms with E-state index in [0.29, 0.717) is 12.3 Å². The van der Waals surface area contributed by atoms with Gasteiger partial charge in [-0.25, -0.2) is 0 Å². The van der Waals surface area contributed by atoms with E-state index in [4.69, 9.17) is 0 Å². The van der Waals surface area contributed by atoms with Crippen LogP contribution in [-0.4, -0.2) is 53.9 Å². The maximum absolute atomic E-state index is 13.0. The summed E-state index contributed by atoms with van der Waals surface area (Å²) in [6.45, 7) is 5.20. The molecule has 31 heavy (non-hydrogen) atoms. The smallest absolute Gasteiger partial charge is 0.242 e. The van der Waals surface area contributed by atoms with E-state index in [1.807, 2.05) is 12.3 Å². The summed E-state index contributed by atoms with van der Waals surface area (Å²) in [7, 11) is 0. The Labute approximate surface area is 192 Å². The van der Waals surface area contributed by atoms with Crippen LogP contribution in [0.15, 0.2) is 30.3 Å². The van der Waals surface area contributed by atoms with Gasteiger partial charge in [-0.05, 0) is 68.4 Å². The minimum Gasteiger partial charge on any atom is -0.351 e. The van der Waals surface area contributed by atoms with Gasteiger partial charge in [-0.2, -0.15) is 11.8 Å². The summed E-state index contributed by atoms with van der Waals surface area (Å²) in [4.78, 5) is 28.3. The molecule has 3 rings (SSSR count). The highest BCUT2D eigenvalue weighted by atomic mass is 32.2. The third-order valence-electron chi connectivity index (χ3n) is 6.81. The van der Waals surface area contributed by atoms with Crippen LogP contribution >= 0.6 is 11.8 Å². The van der Waals surface area contributed by atoms with Crippen molar-refractivity contribution in [3.05, 3.63) is 35.9 Å². The number of nitrogens with one attached hydrogen (secondary N) is 2. The standard InChI is InChI=1S/C25H39N3O2S/c1-19-8-10-21(11-9-19)24(29)27-23(14-17-31-2)25(30)26-22-12-15-28(16-13-22)18-20-6-4-3-5-7-20/h3-7,19,21-23H,8-18H2,1-2H3,(H,26,30)(H,27,29)/t19?,21?,23-/m0/s1. The van der Waals surface area contributed by atoms with Gasteiger partial charge in [0.25, 0.3) is 0 Å². The highest BCUT2D eigenvalue weighted by molar-refractivity contribution is 7.98. The molecule has 172 valence electrons. The second-order valence-electron chi connectivity index (χ2n) is 9.34. The monoisotopic (exact) mass is 445 g/mol. The molecule has 0 aromatic heterocycles. The normalized spacial score (nSPS) is 23.8. The van der Waals surface area contributed by atoms with Crippen molar-refractivity contribution >= 4 is 23.6 Å². The Kier molecular flexibility index (Phi) is 9.72. The summed E-state index contributed by atoms with van der Waals surface area (Å²) < 4.78 is 0. The first-order valence-electron chi connectivity index (χ1n) is 11.9. The molecule has 1 aliphatic heterocycles. The van der Waals surface area contributed by atoms with E-state index in [1.54, 1.807) is 11.8 Å². The van der Waals surface area contributed by atoms with E-state index in [9.17, 15) is 9.59 Å². The van der Waals surface area contributed by atoms with Gasteiger partial charge >= 0.3 is 0 Å². The van der Waals surface area contributed by atoms with Crippen molar-refractivity contribution in [2.45, 2.75) is 70.5 Å². The number of piperidine rings is 1. The van der Waals surface area contributed by atoms with E-state index >= 15 is 0 Å². The number of benzene rings is 1. The van der Waals surface area contributed by atoms with Crippen LogP contribution in [0.2, 0.25) is 0 Å². The van der Waals surface area contributed by atoms with Crippen molar-refractivity contribution in [2.24, 2.45) is 11.8 Å². The zero-order valence-electron chi connectivity index (χ0n) is 19.1. The fourth-order valence-corrected chi connectivity index (χ4v) is 5.17. The summed E-state index contributed by atoms with van der Waals surface area (Å²) in [6.07, 6.45) is 8.77. The van der Waals surface area contributed by atoms with Gasteiger partial charge in [0.2, 0.25) is 11.8 Å². The molecule has 5 nitrogen and oxygen atoms in total. The first-order chi connectivity index (χ1) is 15.0. The van der Waals surface area contributed by atoms with Gasteiger partial charge in [-0.15, -0.1) is 0 Å². The van der Waals surface area contributed by atoms with Crippen LogP contribution in [0.1, 0.15) is 57.4 Å². The second kappa shape index (κ2) is 12.5. The number of hydrogen-bond donors (Lipinski definition) is 2. The van der Waals surface area contributed by atoms with Crippen LogP contribution in [0.25, 0.3) is 0 Å². The van der Waals surface area contributed by atoms with Gasteiger partial charge in [-0.1, -0.05) is 37.3 Å². The number of amides is 2. The molecule has 1 aromatic rings. The second-order valence-corrected chi connectivity index (χ2v) is 10.3. The molecular formula is C25H39N3O2S. The molecule has 1 saturated heterocycles. The lowest BCUT2D eigenvalue weighted by Gasteiger charge is -2.33. The van der Waals surface area contributed by atoms with Crippen LogP contribution in [0.3, 0.4) is 0 Å². The number of nitrogens with zero attached hydrogens (tertiary/aromatic N) is 1. The van der Waals surface area contributed by atoms with Gasteiger partial charge in [-0.3, -0.25) is 14.5 Å². The van der Waals surface area contributed by atoms with E-state index in [2.05, 4.69) is 46.7 Å². The molecule has 0 radical (unpaired) electrons. The van der Waals surface area contributed by atoms with Gasteiger partial charge < -0.3 is 10.6 Å². The molecule has 1 atom stereocenters. The number of likely N-dealkylation sites (tertiary alicyclic amines) is 1. The Morgan fingerprint density at radius 1 is 1.06 bits per heavy atom. The predicted octanol–water partition coefficient (Wildman–Crippen LogP) is 3.83. The third-order valence-corrected chi connectivity index (χ3v) is 7.46. The quantitative estimate of drug-likeness (QED) is 0.606. The number of thioether (sulfide) groups is 1. The first-order valence-corrected chi connectivity index (χ1v) is 13.3. The van der Waals surface area contributed by atoms with E-state index in [1.165, 1.54) is 5.56 Å². The topological polar surface area (TPSA) is 61.4 Å². The molecule has 0 bridgehead atoms. The minimum atomic E-state index is -0.415. The van der Waals surface area contributed by atoms with Gasteiger partial charge in [0, 0.05) is 31.6 Å². The molecule has 2 fully saturated rings. The van der Waals surface area contributed by atoms with Gasteiger partial charge in [0.1, 0.15) is 6.04 Å². The number of rotatable bonds is 9. The molecule has 1 saturated carbocycles. The number of carbonyl (C=O) groups excluding carboxylic acids is 2. The van der Waals surface area contributed by atoms with E-state index in [0.717, 1.165) is 63.9 Å². The van der Waals surface area contributed by atoms with Crippen LogP contribution in [0, 0.1) is 11.8 Å². The molecule has 1 aliphatic carbocycles. The van der Waals surface area contributed by atoms with E-state index in [-0.39, 0.29) is 23.8 Å². The molecule has 1 heterocycles. The van der Waals surface area contributed by atoms with Crippen LogP contribution in [0.5, 0.6) is 0 Å². The van der Waals surface area contributed by atoms with Crippen LogP contribution < -0.4 is 10.6 Å². The average Bonchev–Trinajstić information content (AvgIpc) is 2.79. The van der Waals surface area contributed by atoms with Crippen molar-refractivity contribution in [2.75, 3.05) is 25.1 Å². The number of hydrogen-bond acceptors (Lipinski definition) is 4. The van der Waals surface area contributed by atoms with Gasteiger partial charge in [0.15, 0.2) is 0 Å². The Balaban J connectivity index is 1.46. The minimum absolute atomic E-state index is 0.00640. The lowest BCUT2D eigenvalue weighted by molar-refractivity contribution is -0.132. The van der Waals surface area contributed by atoms with E-state index < -0.39 is 6.04 Å². The maximum Gasteiger partial charge on any atom is 0.242 e. The Bertz CT molecular complexity index is 683. The van der Waals surface area contributed by atoms with Crippen molar-refractivity contribution < 1.29 is 9.59 Å². The van der Waals surface area contributed by atoms with Crippen LogP contribution in [-0.2, 0) is 16.1 Å². The molecular weight excluding hydrogens is 406 g/mol. The van der Waals surface area contributed by atoms with Gasteiger partial charge in [0.05, 0.1) is 0 Å². The molecule has 2 aliphatic rings. The van der Waals surface area contributed by atoms with Crippen molar-refractivity contribution in [1.82, 2.24) is 15.5 Å². The fraction of sp³-hybridized carbons (Fsp3) is 0.680.